The van der Waals surface area contributed by atoms with Gasteiger partial charge in [0.1, 0.15) is 18.1 Å². The van der Waals surface area contributed by atoms with Crippen LogP contribution in [-0.2, 0) is 0 Å². The second-order valence-electron chi connectivity index (χ2n) is 5.31. The number of rotatable bonds is 4. The normalized spacial score (nSPS) is 18.6. The molecule has 5 heteroatoms. The molecule has 1 saturated heterocycles. The Hall–Kier alpha value is -2.27. The Morgan fingerprint density at radius 3 is 3.05 bits per heavy atom. The summed E-state index contributed by atoms with van der Waals surface area (Å²) in [5.74, 6) is 0.719. The summed E-state index contributed by atoms with van der Waals surface area (Å²) in [5, 5.41) is 8.12. The fourth-order valence-electron chi connectivity index (χ4n) is 2.51. The van der Waals surface area contributed by atoms with Crippen molar-refractivity contribution in [3.63, 3.8) is 0 Å². The van der Waals surface area contributed by atoms with Crippen LogP contribution in [0.1, 0.15) is 16.8 Å². The quantitative estimate of drug-likeness (QED) is 0.804. The lowest BCUT2D eigenvalue weighted by Gasteiger charge is -2.13. The Morgan fingerprint density at radius 1 is 1.38 bits per heavy atom. The number of ether oxygens (including phenoxy) is 1. The molecule has 1 atom stereocenters. The molecule has 2 aromatic rings. The van der Waals surface area contributed by atoms with Crippen molar-refractivity contribution in [2.45, 2.75) is 12.5 Å². The van der Waals surface area contributed by atoms with Gasteiger partial charge < -0.3 is 9.64 Å². The topological polar surface area (TPSA) is 55.3 Å². The van der Waals surface area contributed by atoms with E-state index in [1.54, 1.807) is 18.3 Å². The second kappa shape index (κ2) is 6.01. The molecule has 0 amide bonds. The smallest absolute Gasteiger partial charge is 0.150 e. The number of carbonyl (C=O) groups excluding carboxylic acids is 1. The Kier molecular flexibility index (Phi) is 3.92. The molecular formula is C16H17N3O2. The minimum atomic E-state index is 0.202. The van der Waals surface area contributed by atoms with E-state index in [0.29, 0.717) is 11.3 Å². The third kappa shape index (κ3) is 3.25. The lowest BCUT2D eigenvalue weighted by Crippen LogP contribution is -2.21. The number of hydrogen-bond donors (Lipinski definition) is 0. The van der Waals surface area contributed by atoms with Gasteiger partial charge in [0.25, 0.3) is 0 Å². The van der Waals surface area contributed by atoms with Crippen LogP contribution in [0, 0.1) is 0 Å². The van der Waals surface area contributed by atoms with Gasteiger partial charge in [0, 0.05) is 30.3 Å². The van der Waals surface area contributed by atoms with Crippen molar-refractivity contribution < 1.29 is 9.53 Å². The summed E-state index contributed by atoms with van der Waals surface area (Å²) in [6.45, 7) is 1.98. The van der Waals surface area contributed by atoms with Gasteiger partial charge in [-0.05, 0) is 19.5 Å². The van der Waals surface area contributed by atoms with Crippen molar-refractivity contribution >= 4 is 6.29 Å². The van der Waals surface area contributed by atoms with Crippen molar-refractivity contribution in [3.05, 3.63) is 42.1 Å². The van der Waals surface area contributed by atoms with Crippen LogP contribution in [0.4, 0.5) is 0 Å². The zero-order chi connectivity index (χ0) is 14.7. The molecule has 0 unspecified atom stereocenters. The van der Waals surface area contributed by atoms with E-state index in [1.165, 1.54) is 0 Å². The van der Waals surface area contributed by atoms with E-state index in [-0.39, 0.29) is 6.10 Å². The lowest BCUT2D eigenvalue weighted by molar-refractivity contribution is 0.112. The van der Waals surface area contributed by atoms with Crippen molar-refractivity contribution in [2.24, 2.45) is 0 Å². The summed E-state index contributed by atoms with van der Waals surface area (Å²) < 4.78 is 5.95. The molecule has 0 saturated carbocycles. The molecule has 0 aliphatic carbocycles. The highest BCUT2D eigenvalue weighted by molar-refractivity contribution is 5.78. The van der Waals surface area contributed by atoms with Gasteiger partial charge in [0.05, 0.1) is 11.9 Å². The number of aromatic nitrogens is 2. The molecule has 5 nitrogen and oxygen atoms in total. The van der Waals surface area contributed by atoms with Crippen LogP contribution in [0.25, 0.3) is 11.3 Å². The second-order valence-corrected chi connectivity index (χ2v) is 5.31. The summed E-state index contributed by atoms with van der Waals surface area (Å²) in [6.07, 6.45) is 3.68. The van der Waals surface area contributed by atoms with E-state index in [9.17, 15) is 4.79 Å². The average molecular weight is 283 g/mol. The van der Waals surface area contributed by atoms with Gasteiger partial charge in [0.15, 0.2) is 0 Å². The molecule has 1 aromatic heterocycles. The number of likely N-dealkylation sites (N-methyl/N-ethyl adjacent to an activating group) is 1. The summed E-state index contributed by atoms with van der Waals surface area (Å²) in [7, 11) is 2.09. The Labute approximate surface area is 123 Å². The first-order valence-corrected chi connectivity index (χ1v) is 6.98. The van der Waals surface area contributed by atoms with Crippen molar-refractivity contribution in [3.8, 4) is 17.0 Å². The first-order chi connectivity index (χ1) is 10.2. The third-order valence-electron chi connectivity index (χ3n) is 3.60. The van der Waals surface area contributed by atoms with Crippen molar-refractivity contribution in [2.75, 3.05) is 20.1 Å². The van der Waals surface area contributed by atoms with Gasteiger partial charge >= 0.3 is 0 Å². The van der Waals surface area contributed by atoms with Gasteiger partial charge in [-0.1, -0.05) is 18.2 Å². The van der Waals surface area contributed by atoms with Gasteiger partial charge in [-0.3, -0.25) is 4.79 Å². The fourth-order valence-corrected chi connectivity index (χ4v) is 2.51. The van der Waals surface area contributed by atoms with Crippen LogP contribution in [0.2, 0.25) is 0 Å². The van der Waals surface area contributed by atoms with Crippen LogP contribution >= 0.6 is 0 Å². The van der Waals surface area contributed by atoms with E-state index in [0.717, 1.165) is 37.1 Å². The number of hydrogen-bond acceptors (Lipinski definition) is 5. The molecule has 0 spiro atoms. The van der Waals surface area contributed by atoms with Gasteiger partial charge in [-0.15, -0.1) is 0 Å². The minimum absolute atomic E-state index is 0.202. The number of nitrogens with zero attached hydrogens (tertiary/aromatic N) is 3. The van der Waals surface area contributed by atoms with Crippen LogP contribution in [-0.4, -0.2) is 47.6 Å². The van der Waals surface area contributed by atoms with Gasteiger partial charge in [-0.2, -0.15) is 10.2 Å². The Balaban J connectivity index is 1.80. The molecule has 21 heavy (non-hydrogen) atoms. The molecule has 1 aliphatic heterocycles. The number of carbonyl (C=O) groups is 1. The predicted octanol–water partition coefficient (Wildman–Crippen LogP) is 2.04. The maximum atomic E-state index is 10.9. The van der Waals surface area contributed by atoms with Crippen LogP contribution in [0.5, 0.6) is 5.75 Å². The molecule has 0 bridgehead atoms. The molecule has 3 rings (SSSR count). The van der Waals surface area contributed by atoms with E-state index < -0.39 is 0 Å². The summed E-state index contributed by atoms with van der Waals surface area (Å²) in [5.41, 5.74) is 2.20. The van der Waals surface area contributed by atoms with E-state index in [2.05, 4.69) is 22.1 Å². The maximum absolute atomic E-state index is 10.9. The molecule has 1 aliphatic rings. The molecule has 1 aromatic carbocycles. The summed E-state index contributed by atoms with van der Waals surface area (Å²) in [6, 6.07) is 9.17. The van der Waals surface area contributed by atoms with Crippen molar-refractivity contribution in [1.29, 1.82) is 0 Å². The standard InChI is InChI=1S/C16H17N3O2/c1-19-6-5-14(10-19)21-15-8-16(18-17-9-15)13-4-2-3-12(7-13)11-20/h2-4,7-9,11,14H,5-6,10H2,1H3/t14-/m1/s1. The molecule has 0 N–H and O–H groups in total. The van der Waals surface area contributed by atoms with Gasteiger partial charge in [0.2, 0.25) is 0 Å². The van der Waals surface area contributed by atoms with E-state index in [4.69, 9.17) is 4.74 Å². The zero-order valence-corrected chi connectivity index (χ0v) is 11.9. The SMILES string of the molecule is CN1CC[C@@H](Oc2cnnc(-c3cccc(C=O)c3)c2)C1. The lowest BCUT2D eigenvalue weighted by atomic mass is 10.1. The third-order valence-corrected chi connectivity index (χ3v) is 3.60. The first-order valence-electron chi connectivity index (χ1n) is 6.98. The molecule has 2 heterocycles. The van der Waals surface area contributed by atoms with Crippen LogP contribution in [0.3, 0.4) is 0 Å². The average Bonchev–Trinajstić information content (AvgIpc) is 2.93. The number of benzene rings is 1. The van der Waals surface area contributed by atoms with Gasteiger partial charge in [-0.25, -0.2) is 0 Å². The number of aldehydes is 1. The van der Waals surface area contributed by atoms with Crippen LogP contribution in [0.15, 0.2) is 36.5 Å². The maximum Gasteiger partial charge on any atom is 0.150 e. The Morgan fingerprint density at radius 2 is 2.29 bits per heavy atom. The van der Waals surface area contributed by atoms with E-state index in [1.807, 2.05) is 18.2 Å². The minimum Gasteiger partial charge on any atom is -0.487 e. The molecule has 1 fully saturated rings. The molecule has 108 valence electrons. The highest BCUT2D eigenvalue weighted by Gasteiger charge is 2.21. The highest BCUT2D eigenvalue weighted by atomic mass is 16.5. The van der Waals surface area contributed by atoms with E-state index >= 15 is 0 Å². The summed E-state index contributed by atoms with van der Waals surface area (Å²) >= 11 is 0. The fraction of sp³-hybridized carbons (Fsp3) is 0.312. The first kappa shape index (κ1) is 13.7. The summed E-state index contributed by atoms with van der Waals surface area (Å²) in [4.78, 5) is 13.1. The van der Waals surface area contributed by atoms with Crippen LogP contribution < -0.4 is 4.74 Å². The highest BCUT2D eigenvalue weighted by Crippen LogP contribution is 2.23. The Bertz CT molecular complexity index is 645. The predicted molar refractivity (Wildman–Crippen MR) is 79.4 cm³/mol. The molecule has 0 radical (unpaired) electrons. The molecular weight excluding hydrogens is 266 g/mol. The van der Waals surface area contributed by atoms with Crippen molar-refractivity contribution in [1.82, 2.24) is 15.1 Å². The largest absolute Gasteiger partial charge is 0.487 e. The number of likely N-dealkylation sites (tertiary alicyclic amines) is 1. The monoisotopic (exact) mass is 283 g/mol. The zero-order valence-electron chi connectivity index (χ0n) is 11.9.